The van der Waals surface area contributed by atoms with Crippen molar-refractivity contribution in [2.45, 2.75) is 92.4 Å². The minimum Gasteiger partial charge on any atom is -0.462 e. The first kappa shape index (κ1) is 23.8. The number of ether oxygens (including phenoxy) is 1. The number of benzene rings is 1. The van der Waals surface area contributed by atoms with E-state index in [0.29, 0.717) is 28.4 Å². The van der Waals surface area contributed by atoms with Gasteiger partial charge in [0.15, 0.2) is 0 Å². The van der Waals surface area contributed by atoms with Crippen LogP contribution >= 0.6 is 0 Å². The van der Waals surface area contributed by atoms with Crippen LogP contribution in [0.3, 0.4) is 0 Å². The molecule has 2 atom stereocenters. The summed E-state index contributed by atoms with van der Waals surface area (Å²) in [6.07, 6.45) is 18.2. The van der Waals surface area contributed by atoms with E-state index in [1.807, 2.05) is 24.3 Å². The van der Waals surface area contributed by atoms with Gasteiger partial charge in [-0.25, -0.2) is 4.79 Å². The predicted molar refractivity (Wildman–Crippen MR) is 131 cm³/mol. The van der Waals surface area contributed by atoms with Crippen molar-refractivity contribution in [3.63, 3.8) is 0 Å². The number of fused-ring (bicyclic) bond motifs is 1. The second kappa shape index (κ2) is 9.76. The summed E-state index contributed by atoms with van der Waals surface area (Å²) in [5.74, 6) is -0.214. The zero-order valence-electron chi connectivity index (χ0n) is 20.4. The Morgan fingerprint density at radius 1 is 1.03 bits per heavy atom. The molecular weight excluding hydrogens is 380 g/mol. The van der Waals surface area contributed by atoms with Crippen LogP contribution in [0.1, 0.15) is 108 Å². The predicted octanol–water partition coefficient (Wildman–Crippen LogP) is 8.38. The Bertz CT molecular complexity index is 814. The smallest absolute Gasteiger partial charge is 0.338 e. The second-order valence-corrected chi connectivity index (χ2v) is 10.8. The Labute approximate surface area is 190 Å². The van der Waals surface area contributed by atoms with E-state index in [1.165, 1.54) is 50.5 Å². The van der Waals surface area contributed by atoms with Gasteiger partial charge in [-0.15, -0.1) is 0 Å². The van der Waals surface area contributed by atoms with Crippen LogP contribution in [0.25, 0.3) is 6.08 Å². The molecule has 1 aromatic rings. The summed E-state index contributed by atoms with van der Waals surface area (Å²) >= 11 is 0. The molecule has 0 spiro atoms. The maximum absolute atomic E-state index is 12.2. The largest absolute Gasteiger partial charge is 0.462 e. The second-order valence-electron chi connectivity index (χ2n) is 10.8. The molecule has 0 aliphatic heterocycles. The first-order valence-electron chi connectivity index (χ1n) is 12.4. The highest BCUT2D eigenvalue weighted by atomic mass is 16.5. The van der Waals surface area contributed by atoms with E-state index in [1.54, 1.807) is 0 Å². The molecule has 0 heterocycles. The van der Waals surface area contributed by atoms with E-state index in [4.69, 9.17) is 4.74 Å². The van der Waals surface area contributed by atoms with Crippen molar-refractivity contribution in [2.75, 3.05) is 6.61 Å². The van der Waals surface area contributed by atoms with E-state index in [0.717, 1.165) is 18.4 Å². The van der Waals surface area contributed by atoms with Gasteiger partial charge in [-0.05, 0) is 66.5 Å². The number of allylic oxidation sites excluding steroid dienone is 3. The van der Waals surface area contributed by atoms with Gasteiger partial charge in [0, 0.05) is 0 Å². The van der Waals surface area contributed by atoms with E-state index < -0.39 is 0 Å². The first-order chi connectivity index (χ1) is 14.7. The van der Waals surface area contributed by atoms with Crippen molar-refractivity contribution in [1.29, 1.82) is 0 Å². The topological polar surface area (TPSA) is 26.3 Å². The minimum atomic E-state index is -0.214. The van der Waals surface area contributed by atoms with Crippen LogP contribution < -0.4 is 0 Å². The third-order valence-corrected chi connectivity index (χ3v) is 8.01. The lowest BCUT2D eigenvalue weighted by atomic mass is 9.63. The fourth-order valence-corrected chi connectivity index (χ4v) is 5.82. The van der Waals surface area contributed by atoms with E-state index >= 15 is 0 Å². The van der Waals surface area contributed by atoms with E-state index in [-0.39, 0.29) is 5.97 Å². The average Bonchev–Trinajstić information content (AvgIpc) is 3.37. The van der Waals surface area contributed by atoms with Crippen molar-refractivity contribution < 1.29 is 9.53 Å². The van der Waals surface area contributed by atoms with Gasteiger partial charge in [0.25, 0.3) is 0 Å². The van der Waals surface area contributed by atoms with Gasteiger partial charge < -0.3 is 4.74 Å². The van der Waals surface area contributed by atoms with Gasteiger partial charge in [-0.3, -0.25) is 0 Å². The molecule has 2 heteroatoms. The Morgan fingerprint density at radius 2 is 1.74 bits per heavy atom. The minimum absolute atomic E-state index is 0.214. The summed E-state index contributed by atoms with van der Waals surface area (Å²) in [4.78, 5) is 12.2. The fourth-order valence-electron chi connectivity index (χ4n) is 5.82. The highest BCUT2D eigenvalue weighted by Crippen LogP contribution is 2.78. The van der Waals surface area contributed by atoms with Crippen LogP contribution in [0.2, 0.25) is 0 Å². The van der Waals surface area contributed by atoms with E-state index in [2.05, 4.69) is 52.8 Å². The van der Waals surface area contributed by atoms with Crippen molar-refractivity contribution in [1.82, 2.24) is 0 Å². The van der Waals surface area contributed by atoms with Crippen LogP contribution in [0.5, 0.6) is 0 Å². The lowest BCUT2D eigenvalue weighted by Gasteiger charge is -2.41. The van der Waals surface area contributed by atoms with Crippen LogP contribution in [-0.4, -0.2) is 12.6 Å². The van der Waals surface area contributed by atoms with Crippen molar-refractivity contribution in [2.24, 2.45) is 16.2 Å². The summed E-state index contributed by atoms with van der Waals surface area (Å²) in [5.41, 5.74) is 4.25. The van der Waals surface area contributed by atoms with Crippen molar-refractivity contribution in [3.8, 4) is 0 Å². The Hall–Kier alpha value is -1.83. The van der Waals surface area contributed by atoms with Gasteiger partial charge in [0.2, 0.25) is 0 Å². The number of unbranched alkanes of at least 4 members (excludes halogenated alkanes) is 4. The van der Waals surface area contributed by atoms with Crippen molar-refractivity contribution in [3.05, 3.63) is 53.1 Å². The molecule has 1 aromatic carbocycles. The molecule has 2 aliphatic carbocycles. The molecular formula is C29H42O2. The van der Waals surface area contributed by atoms with E-state index in [9.17, 15) is 4.79 Å². The molecule has 0 radical (unpaired) electrons. The number of hydrogen-bond donors (Lipinski definition) is 0. The molecule has 3 rings (SSSR count). The maximum atomic E-state index is 12.2. The van der Waals surface area contributed by atoms with Crippen molar-refractivity contribution >= 4 is 12.0 Å². The van der Waals surface area contributed by atoms with Gasteiger partial charge in [0.05, 0.1) is 12.2 Å². The summed E-state index contributed by atoms with van der Waals surface area (Å²) in [7, 11) is 0. The lowest BCUT2D eigenvalue weighted by Crippen LogP contribution is -2.32. The third-order valence-electron chi connectivity index (χ3n) is 8.01. The molecule has 170 valence electrons. The monoisotopic (exact) mass is 422 g/mol. The van der Waals surface area contributed by atoms with Crippen LogP contribution in [0, 0.1) is 16.2 Å². The SMILES string of the molecule is CCCCCCCOC(=O)c1ccc(/C=C(\C)C=CC23CC2(C)CCCC3(C)C)cc1. The fraction of sp³-hybridized carbons (Fsp3) is 0.621. The molecule has 0 saturated heterocycles. The highest BCUT2D eigenvalue weighted by Gasteiger charge is 2.69. The Morgan fingerprint density at radius 3 is 2.42 bits per heavy atom. The summed E-state index contributed by atoms with van der Waals surface area (Å²) in [6, 6.07) is 7.78. The molecule has 0 aromatic heterocycles. The number of esters is 1. The van der Waals surface area contributed by atoms with Gasteiger partial charge in [-0.1, -0.05) is 95.7 Å². The molecule has 0 bridgehead atoms. The first-order valence-corrected chi connectivity index (χ1v) is 12.4. The number of rotatable bonds is 10. The third kappa shape index (κ3) is 5.33. The molecule has 2 saturated carbocycles. The normalized spacial score (nSPS) is 27.2. The zero-order chi connectivity index (χ0) is 22.5. The molecule has 0 amide bonds. The quantitative estimate of drug-likeness (QED) is 0.215. The number of carbonyl (C=O) groups is 1. The zero-order valence-corrected chi connectivity index (χ0v) is 20.4. The molecule has 0 N–H and O–H groups in total. The average molecular weight is 423 g/mol. The Kier molecular flexibility index (Phi) is 7.50. The van der Waals surface area contributed by atoms with Crippen LogP contribution in [0.4, 0.5) is 0 Å². The summed E-state index contributed by atoms with van der Waals surface area (Å²) in [5, 5.41) is 0. The Balaban J connectivity index is 1.54. The molecule has 2 aliphatic rings. The van der Waals surface area contributed by atoms with Gasteiger partial charge in [-0.2, -0.15) is 0 Å². The number of hydrogen-bond acceptors (Lipinski definition) is 2. The standard InChI is InChI=1S/C29H42O2/c1-6-7-8-9-10-20-31-26(30)25-14-12-24(13-15-25)21-23(2)16-19-29-22-28(29,5)18-11-17-27(29,3)4/h12-16,19,21H,6-11,17-18,20,22H2,1-5H3/b19-16?,23-21+. The summed E-state index contributed by atoms with van der Waals surface area (Å²) in [6.45, 7) is 12.3. The van der Waals surface area contributed by atoms with Crippen LogP contribution in [-0.2, 0) is 4.74 Å². The lowest BCUT2D eigenvalue weighted by molar-refractivity contribution is 0.0497. The summed E-state index contributed by atoms with van der Waals surface area (Å²) < 4.78 is 5.41. The molecule has 2 unspecified atom stereocenters. The van der Waals surface area contributed by atoms with Gasteiger partial charge >= 0.3 is 5.97 Å². The molecule has 31 heavy (non-hydrogen) atoms. The van der Waals surface area contributed by atoms with Gasteiger partial charge in [0.1, 0.15) is 0 Å². The highest BCUT2D eigenvalue weighted by molar-refractivity contribution is 5.89. The number of carbonyl (C=O) groups excluding carboxylic acids is 1. The maximum Gasteiger partial charge on any atom is 0.338 e. The molecule has 2 nitrogen and oxygen atoms in total. The molecule has 2 fully saturated rings. The van der Waals surface area contributed by atoms with Crippen LogP contribution in [0.15, 0.2) is 42.0 Å².